The standard InChI is InChI=1S/C19H26ClNO3S/c20-17-8-4-3-7-16(17)18-11-12-21(13-14-25(18,23)24)19(22)10-9-15-5-1-2-6-15/h3-4,7-8,15,18H,1-2,5-6,9-14H2. The zero-order valence-corrected chi connectivity index (χ0v) is 16.1. The summed E-state index contributed by atoms with van der Waals surface area (Å²) in [6, 6.07) is 7.12. The van der Waals surface area contributed by atoms with Crippen molar-refractivity contribution in [1.29, 1.82) is 0 Å². The predicted molar refractivity (Wildman–Crippen MR) is 100 cm³/mol. The lowest BCUT2D eigenvalue weighted by molar-refractivity contribution is -0.131. The van der Waals surface area contributed by atoms with Crippen molar-refractivity contribution in [3.05, 3.63) is 34.9 Å². The first kappa shape index (κ1) is 18.7. The van der Waals surface area contributed by atoms with E-state index >= 15 is 0 Å². The molecule has 1 heterocycles. The van der Waals surface area contributed by atoms with E-state index < -0.39 is 15.1 Å². The van der Waals surface area contributed by atoms with Crippen LogP contribution >= 0.6 is 11.6 Å². The average Bonchev–Trinajstić information content (AvgIpc) is 3.05. The normalized spacial score (nSPS) is 24.2. The first-order valence-corrected chi connectivity index (χ1v) is 11.3. The Bertz CT molecular complexity index is 713. The largest absolute Gasteiger partial charge is 0.342 e. The van der Waals surface area contributed by atoms with Gasteiger partial charge in [-0.15, -0.1) is 0 Å². The molecule has 1 atom stereocenters. The van der Waals surface area contributed by atoms with Gasteiger partial charge in [-0.2, -0.15) is 0 Å². The van der Waals surface area contributed by atoms with Gasteiger partial charge in [-0.3, -0.25) is 4.79 Å². The summed E-state index contributed by atoms with van der Waals surface area (Å²) in [6.45, 7) is 0.783. The summed E-state index contributed by atoms with van der Waals surface area (Å²) in [6.07, 6.45) is 6.92. The fourth-order valence-corrected chi connectivity index (χ4v) is 6.21. The lowest BCUT2D eigenvalue weighted by Gasteiger charge is -2.21. The molecule has 1 aromatic carbocycles. The Balaban J connectivity index is 1.65. The minimum absolute atomic E-state index is 0.0120. The maximum atomic E-state index is 12.7. The molecule has 1 saturated carbocycles. The summed E-state index contributed by atoms with van der Waals surface area (Å²) >= 11 is 6.21. The predicted octanol–water partition coefficient (Wildman–Crippen LogP) is 4.00. The van der Waals surface area contributed by atoms with Crippen molar-refractivity contribution < 1.29 is 13.2 Å². The highest BCUT2D eigenvalue weighted by Gasteiger charge is 2.33. The molecule has 2 fully saturated rings. The van der Waals surface area contributed by atoms with Crippen molar-refractivity contribution in [1.82, 2.24) is 4.90 Å². The third-order valence-corrected chi connectivity index (χ3v) is 8.04. The molecule has 2 aliphatic rings. The number of halogens is 1. The average molecular weight is 384 g/mol. The summed E-state index contributed by atoms with van der Waals surface area (Å²) in [4.78, 5) is 14.3. The summed E-state index contributed by atoms with van der Waals surface area (Å²) in [5, 5.41) is -0.133. The van der Waals surface area contributed by atoms with E-state index in [1.165, 1.54) is 25.7 Å². The number of carbonyl (C=O) groups excluding carboxylic acids is 1. The molecule has 138 valence electrons. The van der Waals surface area contributed by atoms with E-state index in [2.05, 4.69) is 0 Å². The number of nitrogens with zero attached hydrogens (tertiary/aromatic N) is 1. The van der Waals surface area contributed by atoms with Gasteiger partial charge in [0, 0.05) is 24.5 Å². The molecule has 0 radical (unpaired) electrons. The van der Waals surface area contributed by atoms with Gasteiger partial charge in [0.05, 0.1) is 11.0 Å². The van der Waals surface area contributed by atoms with Crippen LogP contribution < -0.4 is 0 Å². The molecule has 0 aromatic heterocycles. The summed E-state index contributed by atoms with van der Waals surface area (Å²) in [7, 11) is -3.31. The first-order valence-electron chi connectivity index (χ1n) is 9.21. The van der Waals surface area contributed by atoms with Crippen molar-refractivity contribution in [2.75, 3.05) is 18.8 Å². The van der Waals surface area contributed by atoms with E-state index in [1.54, 1.807) is 23.1 Å². The second-order valence-corrected chi connectivity index (χ2v) is 9.95. The van der Waals surface area contributed by atoms with E-state index in [4.69, 9.17) is 11.6 Å². The van der Waals surface area contributed by atoms with Gasteiger partial charge in [0.15, 0.2) is 9.84 Å². The van der Waals surface area contributed by atoms with Crippen LogP contribution in [0.15, 0.2) is 24.3 Å². The van der Waals surface area contributed by atoms with Gasteiger partial charge >= 0.3 is 0 Å². The molecule has 0 bridgehead atoms. The summed E-state index contributed by atoms with van der Waals surface area (Å²) in [5.41, 5.74) is 0.657. The Morgan fingerprint density at radius 1 is 1.12 bits per heavy atom. The van der Waals surface area contributed by atoms with Crippen molar-refractivity contribution in [3.63, 3.8) is 0 Å². The Morgan fingerprint density at radius 2 is 1.84 bits per heavy atom. The first-order chi connectivity index (χ1) is 12.0. The van der Waals surface area contributed by atoms with Gasteiger partial charge in [0.1, 0.15) is 0 Å². The number of sulfone groups is 1. The number of benzene rings is 1. The third kappa shape index (κ3) is 4.56. The van der Waals surface area contributed by atoms with Crippen LogP contribution in [0.3, 0.4) is 0 Å². The Hall–Kier alpha value is -1.07. The van der Waals surface area contributed by atoms with Crippen LogP contribution in [0.1, 0.15) is 55.8 Å². The van der Waals surface area contributed by atoms with E-state index in [-0.39, 0.29) is 11.7 Å². The zero-order chi connectivity index (χ0) is 17.9. The van der Waals surface area contributed by atoms with Gasteiger partial charge in [0.2, 0.25) is 5.91 Å². The van der Waals surface area contributed by atoms with Crippen LogP contribution in [0.25, 0.3) is 0 Å². The molecule has 25 heavy (non-hydrogen) atoms. The Labute approximate surface area is 155 Å². The smallest absolute Gasteiger partial charge is 0.222 e. The molecule has 0 N–H and O–H groups in total. The molecule has 1 unspecified atom stereocenters. The fourth-order valence-electron chi connectivity index (χ4n) is 4.06. The van der Waals surface area contributed by atoms with E-state index in [0.29, 0.717) is 42.4 Å². The minimum Gasteiger partial charge on any atom is -0.342 e. The fraction of sp³-hybridized carbons (Fsp3) is 0.632. The maximum Gasteiger partial charge on any atom is 0.222 e. The van der Waals surface area contributed by atoms with Gasteiger partial charge in [-0.05, 0) is 30.4 Å². The maximum absolute atomic E-state index is 12.7. The number of hydrogen-bond donors (Lipinski definition) is 0. The van der Waals surface area contributed by atoms with E-state index in [1.807, 2.05) is 6.07 Å². The van der Waals surface area contributed by atoms with Crippen LogP contribution in [0.5, 0.6) is 0 Å². The van der Waals surface area contributed by atoms with Crippen molar-refractivity contribution in [2.24, 2.45) is 5.92 Å². The van der Waals surface area contributed by atoms with Gasteiger partial charge in [-0.1, -0.05) is 55.5 Å². The molecular formula is C19H26ClNO3S. The van der Waals surface area contributed by atoms with Crippen molar-refractivity contribution in [2.45, 2.75) is 50.2 Å². The lowest BCUT2D eigenvalue weighted by atomic mass is 10.0. The van der Waals surface area contributed by atoms with Crippen LogP contribution in [0.2, 0.25) is 5.02 Å². The molecular weight excluding hydrogens is 358 g/mol. The molecule has 0 spiro atoms. The van der Waals surface area contributed by atoms with Crippen LogP contribution in [-0.2, 0) is 14.6 Å². The minimum atomic E-state index is -3.31. The summed E-state index contributed by atoms with van der Waals surface area (Å²) in [5.74, 6) is 0.787. The van der Waals surface area contributed by atoms with E-state index in [0.717, 1.165) is 6.42 Å². The van der Waals surface area contributed by atoms with Crippen LogP contribution in [0.4, 0.5) is 0 Å². The highest BCUT2D eigenvalue weighted by Crippen LogP contribution is 2.34. The molecule has 3 rings (SSSR count). The summed E-state index contributed by atoms with van der Waals surface area (Å²) < 4.78 is 25.4. The molecule has 1 aliphatic heterocycles. The molecule has 6 heteroatoms. The van der Waals surface area contributed by atoms with Gasteiger partial charge in [0.25, 0.3) is 0 Å². The second kappa shape index (κ2) is 8.09. The van der Waals surface area contributed by atoms with Crippen LogP contribution in [0, 0.1) is 5.92 Å². The van der Waals surface area contributed by atoms with Crippen molar-refractivity contribution in [3.8, 4) is 0 Å². The number of hydrogen-bond acceptors (Lipinski definition) is 3. The van der Waals surface area contributed by atoms with Crippen LogP contribution in [-0.4, -0.2) is 38.1 Å². The molecule has 4 nitrogen and oxygen atoms in total. The second-order valence-electron chi connectivity index (χ2n) is 7.24. The SMILES string of the molecule is O=C(CCC1CCCC1)N1CCC(c2ccccc2Cl)S(=O)(=O)CC1. The number of amides is 1. The molecule has 1 saturated heterocycles. The van der Waals surface area contributed by atoms with Crippen molar-refractivity contribution >= 4 is 27.3 Å². The number of carbonyl (C=O) groups is 1. The number of rotatable bonds is 4. The third-order valence-electron chi connectivity index (χ3n) is 5.59. The van der Waals surface area contributed by atoms with Gasteiger partial charge < -0.3 is 4.90 Å². The Kier molecular flexibility index (Phi) is 6.05. The quantitative estimate of drug-likeness (QED) is 0.789. The molecule has 1 aromatic rings. The van der Waals surface area contributed by atoms with E-state index in [9.17, 15) is 13.2 Å². The molecule has 1 aliphatic carbocycles. The lowest BCUT2D eigenvalue weighted by Crippen LogP contribution is -2.33. The highest BCUT2D eigenvalue weighted by atomic mass is 35.5. The topological polar surface area (TPSA) is 54.5 Å². The van der Waals surface area contributed by atoms with Gasteiger partial charge in [-0.25, -0.2) is 8.42 Å². The monoisotopic (exact) mass is 383 g/mol. The zero-order valence-electron chi connectivity index (χ0n) is 14.5. The molecule has 1 amide bonds. The Morgan fingerprint density at radius 3 is 2.56 bits per heavy atom. The highest BCUT2D eigenvalue weighted by molar-refractivity contribution is 7.91.